The quantitative estimate of drug-likeness (QED) is 0.711. The molecule has 0 saturated carbocycles. The van der Waals surface area contributed by atoms with E-state index in [1.807, 2.05) is 30.3 Å². The average molecular weight is 304 g/mol. The first-order valence-corrected chi connectivity index (χ1v) is 7.55. The molecule has 102 valence electrons. The SMILES string of the molecule is Nc1c(NCCc2ccc(Cl)s2)ccc2ncccc12. The maximum atomic E-state index is 6.18. The van der Waals surface area contributed by atoms with Gasteiger partial charge < -0.3 is 11.1 Å². The summed E-state index contributed by atoms with van der Waals surface area (Å²) in [6, 6.07) is 11.8. The summed E-state index contributed by atoms with van der Waals surface area (Å²) in [5, 5.41) is 4.36. The van der Waals surface area contributed by atoms with Crippen molar-refractivity contribution >= 4 is 45.2 Å². The minimum atomic E-state index is 0.750. The van der Waals surface area contributed by atoms with Crippen LogP contribution >= 0.6 is 22.9 Å². The minimum absolute atomic E-state index is 0.750. The van der Waals surface area contributed by atoms with E-state index in [9.17, 15) is 0 Å². The highest BCUT2D eigenvalue weighted by molar-refractivity contribution is 7.16. The van der Waals surface area contributed by atoms with Crippen molar-refractivity contribution in [3.05, 3.63) is 51.8 Å². The number of hydrogen-bond donors (Lipinski definition) is 2. The number of nitrogens with two attached hydrogens (primary N) is 1. The summed E-state index contributed by atoms with van der Waals surface area (Å²) in [7, 11) is 0. The van der Waals surface area contributed by atoms with Crippen LogP contribution in [0.1, 0.15) is 4.88 Å². The van der Waals surface area contributed by atoms with Crippen LogP contribution in [0.2, 0.25) is 4.34 Å². The van der Waals surface area contributed by atoms with Crippen molar-refractivity contribution in [2.75, 3.05) is 17.6 Å². The van der Waals surface area contributed by atoms with Crippen LogP contribution in [0.4, 0.5) is 11.4 Å². The fraction of sp³-hybridized carbons (Fsp3) is 0.133. The van der Waals surface area contributed by atoms with E-state index in [1.54, 1.807) is 17.5 Å². The van der Waals surface area contributed by atoms with Crippen LogP contribution in [0.15, 0.2) is 42.6 Å². The van der Waals surface area contributed by atoms with Crippen LogP contribution < -0.4 is 11.1 Å². The van der Waals surface area contributed by atoms with Gasteiger partial charge in [0.2, 0.25) is 0 Å². The minimum Gasteiger partial charge on any atom is -0.397 e. The number of nitrogens with zero attached hydrogens (tertiary/aromatic N) is 1. The van der Waals surface area contributed by atoms with E-state index in [1.165, 1.54) is 4.88 Å². The largest absolute Gasteiger partial charge is 0.397 e. The zero-order valence-electron chi connectivity index (χ0n) is 10.8. The predicted octanol–water partition coefficient (Wildman–Crippen LogP) is 4.19. The molecule has 0 radical (unpaired) electrons. The van der Waals surface area contributed by atoms with Gasteiger partial charge in [-0.1, -0.05) is 11.6 Å². The summed E-state index contributed by atoms with van der Waals surface area (Å²) in [5.74, 6) is 0. The smallest absolute Gasteiger partial charge is 0.0931 e. The van der Waals surface area contributed by atoms with Crippen LogP contribution in [0.25, 0.3) is 10.9 Å². The number of anilines is 2. The number of pyridine rings is 1. The van der Waals surface area contributed by atoms with E-state index in [0.717, 1.165) is 39.6 Å². The van der Waals surface area contributed by atoms with Gasteiger partial charge in [0, 0.05) is 23.0 Å². The van der Waals surface area contributed by atoms with Crippen molar-refractivity contribution < 1.29 is 0 Å². The summed E-state index contributed by atoms with van der Waals surface area (Å²) in [4.78, 5) is 5.56. The molecular weight excluding hydrogens is 290 g/mol. The van der Waals surface area contributed by atoms with Crippen LogP contribution in [-0.4, -0.2) is 11.5 Å². The van der Waals surface area contributed by atoms with E-state index in [4.69, 9.17) is 17.3 Å². The van der Waals surface area contributed by atoms with Gasteiger partial charge in [-0.2, -0.15) is 0 Å². The van der Waals surface area contributed by atoms with Gasteiger partial charge in [-0.15, -0.1) is 11.3 Å². The molecule has 0 spiro atoms. The van der Waals surface area contributed by atoms with E-state index in [0.29, 0.717) is 0 Å². The first-order chi connectivity index (χ1) is 9.74. The molecule has 1 aromatic carbocycles. The van der Waals surface area contributed by atoms with E-state index in [-0.39, 0.29) is 0 Å². The van der Waals surface area contributed by atoms with E-state index >= 15 is 0 Å². The molecule has 0 unspecified atom stereocenters. The number of aromatic nitrogens is 1. The van der Waals surface area contributed by atoms with Crippen molar-refractivity contribution in [2.24, 2.45) is 0 Å². The Morgan fingerprint density at radius 3 is 2.90 bits per heavy atom. The Morgan fingerprint density at radius 2 is 2.10 bits per heavy atom. The fourth-order valence-electron chi connectivity index (χ4n) is 2.14. The zero-order valence-corrected chi connectivity index (χ0v) is 12.3. The van der Waals surface area contributed by atoms with Crippen molar-refractivity contribution in [3.63, 3.8) is 0 Å². The number of halogens is 1. The third kappa shape index (κ3) is 2.71. The maximum absolute atomic E-state index is 6.18. The molecule has 0 saturated heterocycles. The summed E-state index contributed by atoms with van der Waals surface area (Å²) >= 11 is 7.53. The summed E-state index contributed by atoms with van der Waals surface area (Å²) in [5.41, 5.74) is 8.80. The number of nitrogens with one attached hydrogen (secondary N) is 1. The standard InChI is InChI=1S/C15H14ClN3S/c16-14-6-3-10(20-14)7-9-19-13-5-4-12-11(15(13)17)2-1-8-18-12/h1-6,8,19H,7,9,17H2. The zero-order chi connectivity index (χ0) is 13.9. The molecule has 3 nitrogen and oxygen atoms in total. The van der Waals surface area contributed by atoms with Gasteiger partial charge >= 0.3 is 0 Å². The molecule has 0 aliphatic rings. The molecule has 0 fully saturated rings. The van der Waals surface area contributed by atoms with Crippen molar-refractivity contribution in [1.29, 1.82) is 0 Å². The third-order valence-electron chi connectivity index (χ3n) is 3.14. The van der Waals surface area contributed by atoms with Gasteiger partial charge in [0.15, 0.2) is 0 Å². The van der Waals surface area contributed by atoms with Gasteiger partial charge in [-0.3, -0.25) is 4.98 Å². The van der Waals surface area contributed by atoms with Crippen molar-refractivity contribution in [3.8, 4) is 0 Å². The highest BCUT2D eigenvalue weighted by atomic mass is 35.5. The molecule has 3 rings (SSSR count). The van der Waals surface area contributed by atoms with Crippen molar-refractivity contribution in [1.82, 2.24) is 4.98 Å². The molecule has 0 aliphatic heterocycles. The van der Waals surface area contributed by atoms with E-state index < -0.39 is 0 Å². The van der Waals surface area contributed by atoms with Gasteiger partial charge in [0.1, 0.15) is 0 Å². The Morgan fingerprint density at radius 1 is 1.20 bits per heavy atom. The van der Waals surface area contributed by atoms with Gasteiger partial charge in [-0.05, 0) is 42.8 Å². The lowest BCUT2D eigenvalue weighted by atomic mass is 10.1. The molecule has 5 heteroatoms. The average Bonchev–Trinajstić information content (AvgIpc) is 2.87. The lowest BCUT2D eigenvalue weighted by Crippen LogP contribution is -2.06. The molecule has 3 N–H and O–H groups in total. The summed E-state index contributed by atoms with van der Waals surface area (Å²) < 4.78 is 0.830. The normalized spacial score (nSPS) is 10.8. The topological polar surface area (TPSA) is 50.9 Å². The Labute approximate surface area is 126 Å². The van der Waals surface area contributed by atoms with Crippen LogP contribution in [0, 0.1) is 0 Å². The molecule has 0 atom stereocenters. The number of fused-ring (bicyclic) bond motifs is 1. The van der Waals surface area contributed by atoms with Crippen LogP contribution in [-0.2, 0) is 6.42 Å². The molecule has 2 aromatic heterocycles. The second-order valence-electron chi connectivity index (χ2n) is 4.48. The van der Waals surface area contributed by atoms with Gasteiger partial charge in [-0.25, -0.2) is 0 Å². The fourth-order valence-corrected chi connectivity index (χ4v) is 3.22. The molecule has 2 heterocycles. The predicted molar refractivity (Wildman–Crippen MR) is 87.7 cm³/mol. The second-order valence-corrected chi connectivity index (χ2v) is 6.28. The number of thiophene rings is 1. The molecule has 0 amide bonds. The lowest BCUT2D eigenvalue weighted by Gasteiger charge is -2.10. The summed E-state index contributed by atoms with van der Waals surface area (Å²) in [6.07, 6.45) is 2.71. The van der Waals surface area contributed by atoms with Gasteiger partial charge in [0.25, 0.3) is 0 Å². The Balaban J connectivity index is 1.73. The first kappa shape index (κ1) is 13.2. The molecule has 0 bridgehead atoms. The molecule has 3 aromatic rings. The van der Waals surface area contributed by atoms with Crippen LogP contribution in [0.3, 0.4) is 0 Å². The summed E-state index contributed by atoms with van der Waals surface area (Å²) in [6.45, 7) is 0.826. The number of rotatable bonds is 4. The van der Waals surface area contributed by atoms with Crippen molar-refractivity contribution in [2.45, 2.75) is 6.42 Å². The Bertz CT molecular complexity index is 739. The number of benzene rings is 1. The Hall–Kier alpha value is -1.78. The first-order valence-electron chi connectivity index (χ1n) is 6.35. The number of nitrogen functional groups attached to an aromatic ring is 1. The Kier molecular flexibility index (Phi) is 3.76. The highest BCUT2D eigenvalue weighted by Gasteiger charge is 2.05. The third-order valence-corrected chi connectivity index (χ3v) is 4.43. The van der Waals surface area contributed by atoms with Gasteiger partial charge in [0.05, 0.1) is 21.2 Å². The lowest BCUT2D eigenvalue weighted by molar-refractivity contribution is 1.05. The van der Waals surface area contributed by atoms with E-state index in [2.05, 4.69) is 16.4 Å². The van der Waals surface area contributed by atoms with Crippen LogP contribution in [0.5, 0.6) is 0 Å². The highest BCUT2D eigenvalue weighted by Crippen LogP contribution is 2.27. The molecule has 20 heavy (non-hydrogen) atoms. The molecule has 0 aliphatic carbocycles. The molecular formula is C15H14ClN3S. The number of hydrogen-bond acceptors (Lipinski definition) is 4. The second kappa shape index (κ2) is 5.69. The monoisotopic (exact) mass is 303 g/mol. The maximum Gasteiger partial charge on any atom is 0.0931 e.